The van der Waals surface area contributed by atoms with Gasteiger partial charge in [-0.1, -0.05) is 12.1 Å². The van der Waals surface area contributed by atoms with Gasteiger partial charge in [0.05, 0.1) is 29.8 Å². The molecule has 2 atom stereocenters. The Morgan fingerprint density at radius 1 is 1.25 bits per heavy atom. The van der Waals surface area contributed by atoms with E-state index in [2.05, 4.69) is 38.3 Å². The number of anilines is 1. The fourth-order valence-electron chi connectivity index (χ4n) is 5.06. The normalized spacial score (nSPS) is 20.6. The Labute approximate surface area is 210 Å². The number of hydrogen-bond donors (Lipinski definition) is 1. The molecule has 2 aliphatic rings. The highest BCUT2D eigenvalue weighted by Crippen LogP contribution is 2.27. The summed E-state index contributed by atoms with van der Waals surface area (Å²) in [6.07, 6.45) is 4.27. The van der Waals surface area contributed by atoms with E-state index in [0.29, 0.717) is 49.9 Å². The van der Waals surface area contributed by atoms with Crippen LogP contribution < -0.4 is 20.5 Å². The zero-order valence-corrected chi connectivity index (χ0v) is 21.1. The monoisotopic (exact) mass is 488 g/mol. The van der Waals surface area contributed by atoms with Gasteiger partial charge in [-0.15, -0.1) is 0 Å². The number of rotatable bonds is 6. The molecular weight excluding hydrogens is 456 g/mol. The molecule has 4 heterocycles. The predicted molar refractivity (Wildman–Crippen MR) is 138 cm³/mol. The molecule has 2 aliphatic heterocycles. The Bertz CT molecular complexity index is 1360. The number of hydrogen-bond acceptors (Lipinski definition) is 9. The van der Waals surface area contributed by atoms with Gasteiger partial charge in [0.1, 0.15) is 17.9 Å². The van der Waals surface area contributed by atoms with Gasteiger partial charge in [0.25, 0.3) is 5.56 Å². The first-order chi connectivity index (χ1) is 17.5. The van der Waals surface area contributed by atoms with E-state index in [4.69, 9.17) is 9.72 Å². The number of piperazine rings is 1. The largest absolute Gasteiger partial charge is 0.462 e. The van der Waals surface area contributed by atoms with Crippen LogP contribution in [0.25, 0.3) is 16.6 Å². The summed E-state index contributed by atoms with van der Waals surface area (Å²) < 4.78 is 7.50. The highest BCUT2D eigenvalue weighted by molar-refractivity contribution is 5.88. The topological polar surface area (TPSA) is 112 Å². The molecule has 1 unspecified atom stereocenters. The first-order valence-electron chi connectivity index (χ1n) is 12.5. The summed E-state index contributed by atoms with van der Waals surface area (Å²) in [7, 11) is 2.10. The van der Waals surface area contributed by atoms with E-state index in [1.54, 1.807) is 6.20 Å². The summed E-state index contributed by atoms with van der Waals surface area (Å²) in [6.45, 7) is 7.52. The molecule has 0 spiro atoms. The Morgan fingerprint density at radius 2 is 2.11 bits per heavy atom. The van der Waals surface area contributed by atoms with E-state index in [9.17, 15) is 10.1 Å². The van der Waals surface area contributed by atoms with Gasteiger partial charge in [-0.05, 0) is 57.5 Å². The fourth-order valence-corrected chi connectivity index (χ4v) is 5.06. The van der Waals surface area contributed by atoms with Crippen LogP contribution >= 0.6 is 0 Å². The number of nitrogens with one attached hydrogen (secondary N) is 1. The molecule has 2 saturated heterocycles. The van der Waals surface area contributed by atoms with Gasteiger partial charge >= 0.3 is 6.01 Å². The van der Waals surface area contributed by atoms with Crippen molar-refractivity contribution in [2.24, 2.45) is 0 Å². The number of likely N-dealkylation sites (tertiary alicyclic amines) is 1. The summed E-state index contributed by atoms with van der Waals surface area (Å²) in [6, 6.07) is 8.59. The van der Waals surface area contributed by atoms with Crippen molar-refractivity contribution in [3.63, 3.8) is 0 Å². The summed E-state index contributed by atoms with van der Waals surface area (Å²) >= 11 is 0. The van der Waals surface area contributed by atoms with Gasteiger partial charge in [0, 0.05) is 31.7 Å². The average molecular weight is 489 g/mol. The van der Waals surface area contributed by atoms with Crippen molar-refractivity contribution in [2.45, 2.75) is 45.2 Å². The maximum absolute atomic E-state index is 13.7. The minimum absolute atomic E-state index is 0.0218. The Balaban J connectivity index is 1.59. The minimum Gasteiger partial charge on any atom is -0.462 e. The van der Waals surface area contributed by atoms with Crippen LogP contribution in [-0.4, -0.2) is 76.6 Å². The quantitative estimate of drug-likeness (QED) is 0.556. The summed E-state index contributed by atoms with van der Waals surface area (Å²) in [5.74, 6) is 0.622. The number of aromatic nitrogens is 4. The van der Waals surface area contributed by atoms with Crippen molar-refractivity contribution in [3.05, 3.63) is 45.9 Å². The highest BCUT2D eigenvalue weighted by atomic mass is 16.5. The maximum atomic E-state index is 13.7. The lowest BCUT2D eigenvalue weighted by atomic mass is 10.1. The molecule has 0 saturated carbocycles. The van der Waals surface area contributed by atoms with Gasteiger partial charge in [0.15, 0.2) is 0 Å². The molecule has 3 aromatic rings. The lowest BCUT2D eigenvalue weighted by molar-refractivity contribution is 0.188. The molecule has 0 amide bonds. The molecule has 0 radical (unpaired) electrons. The van der Waals surface area contributed by atoms with Crippen molar-refractivity contribution in [1.29, 1.82) is 5.26 Å². The first-order valence-corrected chi connectivity index (χ1v) is 12.5. The van der Waals surface area contributed by atoms with E-state index in [1.807, 2.05) is 32.0 Å². The van der Waals surface area contributed by atoms with Gasteiger partial charge in [0.2, 0.25) is 0 Å². The van der Waals surface area contributed by atoms with Gasteiger partial charge < -0.3 is 19.9 Å². The Hall–Kier alpha value is -3.55. The number of nitrogens with zero attached hydrogens (tertiary/aromatic N) is 7. The number of aryl methyl sites for hydroxylation is 1. The van der Waals surface area contributed by atoms with Crippen LogP contribution in [-0.2, 0) is 0 Å². The van der Waals surface area contributed by atoms with E-state index in [-0.39, 0.29) is 23.1 Å². The third-order valence-corrected chi connectivity index (χ3v) is 7.38. The average Bonchev–Trinajstić information content (AvgIpc) is 3.30. The van der Waals surface area contributed by atoms with Crippen molar-refractivity contribution in [3.8, 4) is 17.8 Å². The Morgan fingerprint density at radius 3 is 2.89 bits per heavy atom. The van der Waals surface area contributed by atoms with Gasteiger partial charge in [-0.3, -0.25) is 4.79 Å². The van der Waals surface area contributed by atoms with E-state index in [0.717, 1.165) is 36.2 Å². The second-order valence-corrected chi connectivity index (χ2v) is 9.72. The van der Waals surface area contributed by atoms with Crippen LogP contribution in [0.5, 0.6) is 6.01 Å². The highest BCUT2D eigenvalue weighted by Gasteiger charge is 2.26. The molecule has 2 fully saturated rings. The number of likely N-dealkylation sites (N-methyl/N-ethyl adjacent to an activating group) is 1. The summed E-state index contributed by atoms with van der Waals surface area (Å²) in [5, 5.41) is 17.7. The van der Waals surface area contributed by atoms with Crippen LogP contribution in [0.2, 0.25) is 0 Å². The van der Waals surface area contributed by atoms with Crippen molar-refractivity contribution in [1.82, 2.24) is 30.0 Å². The van der Waals surface area contributed by atoms with Crippen LogP contribution in [0.3, 0.4) is 0 Å². The number of fused-ring (bicyclic) bond motifs is 1. The molecule has 10 heteroatoms. The van der Waals surface area contributed by atoms with E-state index < -0.39 is 0 Å². The molecule has 2 aromatic heterocycles. The standard InChI is InChI=1S/C26H32N8O2/c1-17-6-4-8-22(18(17)2)34-25(35)23-21(14-29-34)24(33-13-11-28-19(15-33)9-10-27)31-26(30-23)36-16-20-7-5-12-32(20)3/h4,6,8,14,19-20,28H,5,7,9,11-13,15-16H2,1-3H3/t19?,20-/m0/s1. The fraction of sp³-hybridized carbons (Fsp3) is 0.500. The van der Waals surface area contributed by atoms with E-state index >= 15 is 0 Å². The predicted octanol–water partition coefficient (Wildman–Crippen LogP) is 1.96. The second-order valence-electron chi connectivity index (χ2n) is 9.72. The zero-order valence-electron chi connectivity index (χ0n) is 21.1. The lowest BCUT2D eigenvalue weighted by Crippen LogP contribution is -2.51. The maximum Gasteiger partial charge on any atom is 0.319 e. The third kappa shape index (κ3) is 4.64. The molecule has 36 heavy (non-hydrogen) atoms. The molecule has 0 bridgehead atoms. The minimum atomic E-state index is -0.309. The molecule has 10 nitrogen and oxygen atoms in total. The summed E-state index contributed by atoms with van der Waals surface area (Å²) in [5.41, 5.74) is 2.77. The first kappa shape index (κ1) is 24.2. The van der Waals surface area contributed by atoms with Crippen LogP contribution in [0, 0.1) is 25.2 Å². The molecule has 1 N–H and O–H groups in total. The smallest absolute Gasteiger partial charge is 0.319 e. The number of ether oxygens (including phenoxy) is 1. The molecule has 188 valence electrons. The van der Waals surface area contributed by atoms with Crippen LogP contribution in [0.15, 0.2) is 29.2 Å². The van der Waals surface area contributed by atoms with Gasteiger partial charge in [-0.2, -0.15) is 25.0 Å². The number of nitriles is 1. The SMILES string of the molecule is Cc1cccc(-n2ncc3c(N4CCNC(CC#N)C4)nc(OC[C@@H]4CCCN4C)nc3c2=O)c1C. The van der Waals surface area contributed by atoms with Gasteiger partial charge in [-0.25, -0.2) is 0 Å². The molecule has 1 aromatic carbocycles. The van der Waals surface area contributed by atoms with Crippen molar-refractivity contribution in [2.75, 3.05) is 44.7 Å². The van der Waals surface area contributed by atoms with Crippen LogP contribution in [0.1, 0.15) is 30.4 Å². The summed E-state index contributed by atoms with van der Waals surface area (Å²) in [4.78, 5) is 27.5. The van der Waals surface area contributed by atoms with Crippen molar-refractivity contribution < 1.29 is 4.74 Å². The molecular formula is C26H32N8O2. The second kappa shape index (κ2) is 10.2. The third-order valence-electron chi connectivity index (χ3n) is 7.38. The van der Waals surface area contributed by atoms with Crippen molar-refractivity contribution >= 4 is 16.7 Å². The number of benzene rings is 1. The lowest BCUT2D eigenvalue weighted by Gasteiger charge is -2.34. The molecule has 0 aliphatic carbocycles. The van der Waals surface area contributed by atoms with Crippen LogP contribution in [0.4, 0.5) is 5.82 Å². The Kier molecular flexibility index (Phi) is 6.85. The van der Waals surface area contributed by atoms with E-state index in [1.165, 1.54) is 4.68 Å². The molecule has 5 rings (SSSR count). The zero-order chi connectivity index (χ0) is 25.2.